The van der Waals surface area contributed by atoms with Crippen molar-refractivity contribution in [1.29, 1.82) is 4.78 Å². The molecule has 0 amide bonds. The molecular formula is C5H7NS. The maximum absolute atomic E-state index is 7.24. The second-order valence-corrected chi connectivity index (χ2v) is 2.24. The van der Waals surface area contributed by atoms with Crippen LogP contribution in [-0.4, -0.2) is 5.73 Å². The van der Waals surface area contributed by atoms with Gasteiger partial charge in [0.15, 0.2) is 0 Å². The molecule has 0 aromatic heterocycles. The highest BCUT2D eigenvalue weighted by Crippen LogP contribution is 1.94. The first-order valence-corrected chi connectivity index (χ1v) is 3.10. The van der Waals surface area contributed by atoms with Gasteiger partial charge in [-0.25, -0.2) is 0 Å². The molecule has 1 aliphatic heterocycles. The van der Waals surface area contributed by atoms with Crippen LogP contribution in [0.25, 0.3) is 0 Å². The molecule has 0 aliphatic carbocycles. The van der Waals surface area contributed by atoms with E-state index in [2.05, 4.69) is 0 Å². The highest BCUT2D eigenvalue weighted by molar-refractivity contribution is 7.89. The van der Waals surface area contributed by atoms with Crippen LogP contribution in [0.4, 0.5) is 0 Å². The lowest BCUT2D eigenvalue weighted by atomic mass is 10.5. The molecule has 0 aromatic carbocycles. The lowest BCUT2D eigenvalue weighted by Gasteiger charge is -1.94. The summed E-state index contributed by atoms with van der Waals surface area (Å²) < 4.78 is 35.9. The second-order valence-electron chi connectivity index (χ2n) is 1.02. The molecule has 0 fully saturated rings. The number of rotatable bonds is 0. The van der Waals surface area contributed by atoms with E-state index >= 15 is 0 Å². The van der Waals surface area contributed by atoms with Crippen LogP contribution in [-0.2, 0) is 10.7 Å². The Kier molecular flexibility index (Phi) is 0.551. The van der Waals surface area contributed by atoms with Gasteiger partial charge in [-0.15, -0.1) is 0 Å². The fourth-order valence-corrected chi connectivity index (χ4v) is 0.701. The molecule has 1 heterocycles. The normalized spacial score (nSPS) is 51.1. The van der Waals surface area contributed by atoms with Gasteiger partial charge in [0.1, 0.15) is 0 Å². The van der Waals surface area contributed by atoms with Crippen LogP contribution in [0.2, 0.25) is 0 Å². The largest absolute Gasteiger partial charge is 0.276 e. The first-order chi connectivity index (χ1) is 5.04. The van der Waals surface area contributed by atoms with Crippen LogP contribution in [0.3, 0.4) is 0 Å². The third kappa shape index (κ3) is 1.27. The Morgan fingerprint density at radius 2 is 2.71 bits per heavy atom. The van der Waals surface area contributed by atoms with E-state index in [9.17, 15) is 0 Å². The zero-order chi connectivity index (χ0) is 8.59. The van der Waals surface area contributed by atoms with Gasteiger partial charge >= 0.3 is 0 Å². The van der Waals surface area contributed by atoms with Gasteiger partial charge in [0, 0.05) is 7.10 Å². The zero-order valence-electron chi connectivity index (χ0n) is 7.56. The van der Waals surface area contributed by atoms with Crippen molar-refractivity contribution < 1.29 is 5.48 Å². The van der Waals surface area contributed by atoms with Crippen molar-refractivity contribution in [2.45, 2.75) is 0 Å². The van der Waals surface area contributed by atoms with E-state index < -0.39 is 16.4 Å². The maximum atomic E-state index is 7.24. The van der Waals surface area contributed by atoms with Crippen LogP contribution in [0.1, 0.15) is 5.48 Å². The van der Waals surface area contributed by atoms with Crippen LogP contribution >= 0.6 is 0 Å². The average molecular weight is 117 g/mol. The average Bonchev–Trinajstić information content (AvgIpc) is 1.97. The summed E-state index contributed by atoms with van der Waals surface area (Å²) in [6.45, 7) is 0. The number of hydrogen-bond donors (Lipinski definition) is 1. The molecule has 7 heavy (non-hydrogen) atoms. The number of hydrogen-bond acceptors (Lipinski definition) is 1. The third-order valence-electron chi connectivity index (χ3n) is 0.516. The summed E-state index contributed by atoms with van der Waals surface area (Å²) in [4.78, 5) is 0. The maximum Gasteiger partial charge on any atom is 0.0628 e. The minimum absolute atomic E-state index is 0.100. The molecule has 2 unspecified atom stereocenters. The lowest BCUT2D eigenvalue weighted by molar-refractivity contribution is 1.59. The molecule has 2 heteroatoms. The van der Waals surface area contributed by atoms with Crippen LogP contribution in [0.5, 0.6) is 0 Å². The smallest absolute Gasteiger partial charge is 0.0628 e. The summed E-state index contributed by atoms with van der Waals surface area (Å²) in [5, 5.41) is 1.25. The third-order valence-corrected chi connectivity index (χ3v) is 1.26. The molecule has 38 valence electrons. The number of allylic oxidation sites excluding steroid dienone is 2. The van der Waals surface area contributed by atoms with Crippen molar-refractivity contribution in [2.75, 3.05) is 5.73 Å². The quantitative estimate of drug-likeness (QED) is 0.496. The Hall–Kier alpha value is -0.370. The van der Waals surface area contributed by atoms with Crippen molar-refractivity contribution in [3.8, 4) is 0 Å². The molecule has 1 aliphatic rings. The first-order valence-electron chi connectivity index (χ1n) is 3.83. The van der Waals surface area contributed by atoms with E-state index in [1.165, 1.54) is 5.41 Å². The molecule has 0 bridgehead atoms. The van der Waals surface area contributed by atoms with Crippen molar-refractivity contribution in [3.05, 3.63) is 23.6 Å². The number of nitrogens with one attached hydrogen (secondary N) is 1. The fraction of sp³-hybridized carbons (Fsp3) is 0.200. The van der Waals surface area contributed by atoms with Crippen LogP contribution in [0.15, 0.2) is 23.6 Å². The highest BCUT2D eigenvalue weighted by atomic mass is 32.2. The predicted molar refractivity (Wildman–Crippen MR) is 33.2 cm³/mol. The standard InChI is InChI=1S/C5H7NS/c6-7-4-2-1-3-5-7/h1-4,6H,5H2/i1D,2D,3D,5D. The molecular weight excluding hydrogens is 106 g/mol. The molecule has 0 saturated heterocycles. The Balaban J connectivity index is 3.12. The van der Waals surface area contributed by atoms with Gasteiger partial charge in [-0.3, -0.25) is 4.78 Å². The van der Waals surface area contributed by atoms with E-state index in [0.717, 1.165) is 0 Å². The van der Waals surface area contributed by atoms with Gasteiger partial charge in [0.25, 0.3) is 0 Å². The molecule has 1 N–H and O–H groups in total. The van der Waals surface area contributed by atoms with Crippen molar-refractivity contribution in [1.82, 2.24) is 0 Å². The second kappa shape index (κ2) is 2.07. The van der Waals surface area contributed by atoms with Gasteiger partial charge in [0.05, 0.1) is 4.11 Å². The van der Waals surface area contributed by atoms with E-state index in [1.807, 2.05) is 0 Å². The Labute approximate surface area is 51.3 Å². The summed E-state index contributed by atoms with van der Waals surface area (Å²) in [5.41, 5.74) is -0.961. The molecule has 2 atom stereocenters. The topological polar surface area (TPSA) is 23.9 Å². The fourth-order valence-electron chi connectivity index (χ4n) is 0.262. The van der Waals surface area contributed by atoms with Crippen LogP contribution in [0, 0.1) is 4.78 Å². The summed E-state index contributed by atoms with van der Waals surface area (Å²) in [6, 6.07) is -0.534. The van der Waals surface area contributed by atoms with Gasteiger partial charge in [-0.2, -0.15) is 0 Å². The van der Waals surface area contributed by atoms with Gasteiger partial charge < -0.3 is 0 Å². The van der Waals surface area contributed by atoms with Gasteiger partial charge in [0.2, 0.25) is 0 Å². The lowest BCUT2D eigenvalue weighted by Crippen LogP contribution is -1.88. The summed E-state index contributed by atoms with van der Waals surface area (Å²) in [6.07, 6.45) is 0. The molecule has 1 rings (SSSR count). The molecule has 0 radical (unpaired) electrons. The Bertz CT molecular complexity index is 270. The molecule has 0 saturated carbocycles. The predicted octanol–water partition coefficient (Wildman–Crippen LogP) is 1.45. The molecule has 0 aromatic rings. The van der Waals surface area contributed by atoms with Crippen molar-refractivity contribution in [2.24, 2.45) is 0 Å². The first kappa shape index (κ1) is 1.86. The molecule has 0 spiro atoms. The van der Waals surface area contributed by atoms with E-state index in [1.54, 1.807) is 0 Å². The van der Waals surface area contributed by atoms with Gasteiger partial charge in [-0.1, -0.05) is 28.8 Å². The summed E-state index contributed by atoms with van der Waals surface area (Å²) in [5.74, 6) is 0. The van der Waals surface area contributed by atoms with E-state index in [-0.39, 0.29) is 18.2 Å². The van der Waals surface area contributed by atoms with E-state index in [0.29, 0.717) is 0 Å². The van der Waals surface area contributed by atoms with Crippen molar-refractivity contribution in [3.63, 3.8) is 0 Å². The van der Waals surface area contributed by atoms with Crippen LogP contribution < -0.4 is 0 Å². The van der Waals surface area contributed by atoms with Gasteiger partial charge in [-0.05, 0) is 5.41 Å². The minimum Gasteiger partial charge on any atom is -0.276 e. The molecule has 1 nitrogen and oxygen atoms in total. The zero-order valence-corrected chi connectivity index (χ0v) is 4.38. The van der Waals surface area contributed by atoms with E-state index in [4.69, 9.17) is 10.3 Å². The Morgan fingerprint density at radius 1 is 1.86 bits per heavy atom. The summed E-state index contributed by atoms with van der Waals surface area (Å²) in [7, 11) is -1.11. The summed E-state index contributed by atoms with van der Waals surface area (Å²) >= 11 is 0. The minimum atomic E-state index is -1.11. The van der Waals surface area contributed by atoms with Crippen molar-refractivity contribution >= 4 is 10.7 Å². The Morgan fingerprint density at radius 3 is 3.57 bits per heavy atom. The highest BCUT2D eigenvalue weighted by Gasteiger charge is 1.85. The SMILES string of the molecule is [2H]C1=CS(=N)C([2H])C([2H])=C1[2H]. The monoisotopic (exact) mass is 117 g/mol.